The molecule has 0 aliphatic heterocycles. The maximum atomic E-state index is 11.9. The van der Waals surface area contributed by atoms with E-state index in [2.05, 4.69) is 10.5 Å². The molecule has 2 aromatic rings. The highest BCUT2D eigenvalue weighted by Crippen LogP contribution is 2.24. The summed E-state index contributed by atoms with van der Waals surface area (Å²) in [6.45, 7) is 0.0514. The lowest BCUT2D eigenvalue weighted by atomic mass is 10.1. The second-order valence-corrected chi connectivity index (χ2v) is 5.58. The summed E-state index contributed by atoms with van der Waals surface area (Å²) >= 11 is 12.0. The number of rotatable bonds is 6. The zero-order valence-electron chi connectivity index (χ0n) is 12.9. The van der Waals surface area contributed by atoms with Crippen LogP contribution < -0.4 is 5.32 Å². The molecule has 1 amide bonds. The van der Waals surface area contributed by atoms with Gasteiger partial charge in [-0.15, -0.1) is 0 Å². The zero-order valence-corrected chi connectivity index (χ0v) is 14.5. The molecule has 1 N–H and O–H groups in total. The van der Waals surface area contributed by atoms with Crippen LogP contribution in [-0.2, 0) is 16.2 Å². The molecule has 2 aromatic carbocycles. The highest BCUT2D eigenvalue weighted by Gasteiger charge is 2.08. The molecule has 126 valence electrons. The molecule has 0 bridgehead atoms. The fourth-order valence-electron chi connectivity index (χ4n) is 1.84. The van der Waals surface area contributed by atoms with Crippen molar-refractivity contribution in [3.63, 3.8) is 0 Å². The number of hydrogen-bond donors (Lipinski definition) is 1. The summed E-state index contributed by atoms with van der Waals surface area (Å²) < 4.78 is 0. The summed E-state index contributed by atoms with van der Waals surface area (Å²) in [7, 11) is 0. The van der Waals surface area contributed by atoms with Gasteiger partial charge in [0.05, 0.1) is 0 Å². The lowest BCUT2D eigenvalue weighted by Crippen LogP contribution is -2.22. The predicted octanol–water partition coefficient (Wildman–Crippen LogP) is 4.18. The molecule has 0 atom stereocenters. The van der Waals surface area contributed by atoms with Crippen molar-refractivity contribution >= 4 is 41.5 Å². The second-order valence-electron chi connectivity index (χ2n) is 4.76. The smallest absolute Gasteiger partial charge is 0.267 e. The molecule has 0 aliphatic carbocycles. The van der Waals surface area contributed by atoms with E-state index in [0.717, 1.165) is 11.9 Å². The summed E-state index contributed by atoms with van der Waals surface area (Å²) in [5.41, 5.74) is 1.29. The average Bonchev–Trinajstić information content (AvgIpc) is 2.62. The van der Waals surface area contributed by atoms with Crippen molar-refractivity contribution in [3.05, 3.63) is 75.3 Å². The molecule has 0 aliphatic rings. The van der Waals surface area contributed by atoms with Gasteiger partial charge < -0.3 is 10.2 Å². The molecule has 0 heterocycles. The SMILES string of the molecule is N#CC(=Cc1ccccc1)C(=O)N/C=N/OCc1c(Cl)cccc1Cl. The number of carbonyl (C=O) groups excluding carboxylic acids is 1. The molecule has 25 heavy (non-hydrogen) atoms. The van der Waals surface area contributed by atoms with Gasteiger partial charge in [-0.2, -0.15) is 5.26 Å². The first-order valence-electron chi connectivity index (χ1n) is 7.16. The van der Waals surface area contributed by atoms with Gasteiger partial charge in [0.15, 0.2) is 0 Å². The Labute approximate surface area is 155 Å². The lowest BCUT2D eigenvalue weighted by molar-refractivity contribution is -0.115. The average molecular weight is 374 g/mol. The number of nitrogens with zero attached hydrogens (tertiary/aromatic N) is 2. The van der Waals surface area contributed by atoms with E-state index in [9.17, 15) is 4.79 Å². The molecular weight excluding hydrogens is 361 g/mol. The second kappa shape index (κ2) is 9.48. The summed E-state index contributed by atoms with van der Waals surface area (Å²) in [6, 6.07) is 16.0. The minimum Gasteiger partial charge on any atom is -0.390 e. The van der Waals surface area contributed by atoms with Gasteiger partial charge in [0, 0.05) is 15.6 Å². The van der Waals surface area contributed by atoms with E-state index in [1.54, 1.807) is 30.3 Å². The molecule has 0 unspecified atom stereocenters. The van der Waals surface area contributed by atoms with Crippen LogP contribution in [0, 0.1) is 11.3 Å². The van der Waals surface area contributed by atoms with Crippen molar-refractivity contribution in [3.8, 4) is 6.07 Å². The van der Waals surface area contributed by atoms with Crippen LogP contribution >= 0.6 is 23.2 Å². The van der Waals surface area contributed by atoms with Crippen LogP contribution in [0.1, 0.15) is 11.1 Å². The summed E-state index contributed by atoms with van der Waals surface area (Å²) in [6.07, 6.45) is 2.54. The van der Waals surface area contributed by atoms with Gasteiger partial charge in [0.2, 0.25) is 0 Å². The van der Waals surface area contributed by atoms with Crippen molar-refractivity contribution in [2.24, 2.45) is 5.16 Å². The van der Waals surface area contributed by atoms with Crippen molar-refractivity contribution in [2.75, 3.05) is 0 Å². The molecular formula is C18H13Cl2N3O2. The minimum atomic E-state index is -0.588. The van der Waals surface area contributed by atoms with Crippen LogP contribution in [0.4, 0.5) is 0 Å². The normalized spacial score (nSPS) is 11.2. The van der Waals surface area contributed by atoms with Crippen LogP contribution in [-0.4, -0.2) is 12.2 Å². The maximum Gasteiger partial charge on any atom is 0.267 e. The lowest BCUT2D eigenvalue weighted by Gasteiger charge is -2.04. The standard InChI is InChI=1S/C18H13Cl2N3O2/c19-16-7-4-8-17(20)15(16)11-25-23-12-22-18(24)14(10-21)9-13-5-2-1-3-6-13/h1-9,12H,11H2,(H,22,23,24). The molecule has 0 radical (unpaired) electrons. The van der Waals surface area contributed by atoms with Gasteiger partial charge in [-0.05, 0) is 23.8 Å². The van der Waals surface area contributed by atoms with E-state index < -0.39 is 5.91 Å². The van der Waals surface area contributed by atoms with Gasteiger partial charge in [-0.25, -0.2) is 0 Å². The Morgan fingerprint density at radius 2 is 1.84 bits per heavy atom. The molecule has 5 nitrogen and oxygen atoms in total. The molecule has 0 aromatic heterocycles. The van der Waals surface area contributed by atoms with Crippen LogP contribution in [0.15, 0.2) is 59.3 Å². The summed E-state index contributed by atoms with van der Waals surface area (Å²) in [5, 5.41) is 16.0. The van der Waals surface area contributed by atoms with Crippen molar-refractivity contribution < 1.29 is 9.63 Å². The van der Waals surface area contributed by atoms with Gasteiger partial charge >= 0.3 is 0 Å². The number of nitriles is 1. The third kappa shape index (κ3) is 5.64. The molecule has 0 spiro atoms. The predicted molar refractivity (Wildman–Crippen MR) is 97.9 cm³/mol. The van der Waals surface area contributed by atoms with Crippen molar-refractivity contribution in [1.82, 2.24) is 5.32 Å². The van der Waals surface area contributed by atoms with Crippen LogP contribution in [0.5, 0.6) is 0 Å². The highest BCUT2D eigenvalue weighted by atomic mass is 35.5. The fourth-order valence-corrected chi connectivity index (χ4v) is 2.34. The third-order valence-electron chi connectivity index (χ3n) is 3.07. The van der Waals surface area contributed by atoms with E-state index in [0.29, 0.717) is 15.6 Å². The Morgan fingerprint density at radius 1 is 1.16 bits per heavy atom. The Bertz CT molecular complexity index is 823. The Hall–Kier alpha value is -2.81. The number of nitrogens with one attached hydrogen (secondary N) is 1. The van der Waals surface area contributed by atoms with Crippen LogP contribution in [0.2, 0.25) is 10.0 Å². The Balaban J connectivity index is 1.90. The third-order valence-corrected chi connectivity index (χ3v) is 3.78. The number of halogens is 2. The Kier molecular flexibility index (Phi) is 7.02. The highest BCUT2D eigenvalue weighted by molar-refractivity contribution is 6.35. The topological polar surface area (TPSA) is 74.5 Å². The fraction of sp³-hybridized carbons (Fsp3) is 0.0556. The minimum absolute atomic E-state index is 0.0493. The number of amides is 1. The molecule has 0 saturated carbocycles. The van der Waals surface area contributed by atoms with Crippen LogP contribution in [0.25, 0.3) is 6.08 Å². The molecule has 0 saturated heterocycles. The number of oxime groups is 1. The molecule has 7 heteroatoms. The zero-order chi connectivity index (χ0) is 18.1. The van der Waals surface area contributed by atoms with E-state index in [1.165, 1.54) is 6.08 Å². The first-order valence-corrected chi connectivity index (χ1v) is 7.92. The van der Waals surface area contributed by atoms with Gasteiger partial charge in [0.25, 0.3) is 5.91 Å². The van der Waals surface area contributed by atoms with Crippen molar-refractivity contribution in [1.29, 1.82) is 5.26 Å². The first kappa shape index (κ1) is 18.5. The largest absolute Gasteiger partial charge is 0.390 e. The first-order chi connectivity index (χ1) is 12.1. The van der Waals surface area contributed by atoms with E-state index in [-0.39, 0.29) is 12.2 Å². The number of hydrogen-bond acceptors (Lipinski definition) is 4. The summed E-state index contributed by atoms with van der Waals surface area (Å²) in [4.78, 5) is 17.0. The summed E-state index contributed by atoms with van der Waals surface area (Å²) in [5.74, 6) is -0.588. The van der Waals surface area contributed by atoms with E-state index >= 15 is 0 Å². The van der Waals surface area contributed by atoms with Crippen LogP contribution in [0.3, 0.4) is 0 Å². The maximum absolute atomic E-state index is 11.9. The quantitative estimate of drug-likeness (QED) is 0.271. The Morgan fingerprint density at radius 3 is 2.48 bits per heavy atom. The van der Waals surface area contributed by atoms with Gasteiger partial charge in [-0.3, -0.25) is 4.79 Å². The number of benzene rings is 2. The van der Waals surface area contributed by atoms with E-state index in [1.807, 2.05) is 24.3 Å². The van der Waals surface area contributed by atoms with Gasteiger partial charge in [-0.1, -0.05) is 64.8 Å². The molecule has 2 rings (SSSR count). The van der Waals surface area contributed by atoms with Crippen molar-refractivity contribution in [2.45, 2.75) is 6.61 Å². The van der Waals surface area contributed by atoms with Gasteiger partial charge in [0.1, 0.15) is 24.6 Å². The monoisotopic (exact) mass is 373 g/mol. The van der Waals surface area contributed by atoms with E-state index in [4.69, 9.17) is 33.3 Å². The molecule has 0 fully saturated rings. The number of carbonyl (C=O) groups is 1.